The Morgan fingerprint density at radius 3 is 2.46 bits per heavy atom. The van der Waals surface area contributed by atoms with Gasteiger partial charge >= 0.3 is 0 Å². The molecule has 5 nitrogen and oxygen atoms in total. The van der Waals surface area contributed by atoms with Crippen molar-refractivity contribution in [3.8, 4) is 0 Å². The first-order chi connectivity index (χ1) is 13.6. The van der Waals surface area contributed by atoms with Crippen molar-refractivity contribution in [2.75, 3.05) is 5.32 Å². The second-order valence-corrected chi connectivity index (χ2v) is 8.06. The molecule has 2 aromatic heterocycles. The van der Waals surface area contributed by atoms with E-state index in [-0.39, 0.29) is 18.1 Å². The summed E-state index contributed by atoms with van der Waals surface area (Å²) in [6, 6.07) is 11.0. The molecule has 1 aromatic carbocycles. The van der Waals surface area contributed by atoms with Gasteiger partial charge in [0.2, 0.25) is 5.91 Å². The molecule has 0 atom stereocenters. The van der Waals surface area contributed by atoms with Gasteiger partial charge in [-0.15, -0.1) is 11.3 Å². The molecule has 1 aliphatic rings. The Kier molecular flexibility index (Phi) is 5.24. The number of ketones is 1. The first kappa shape index (κ1) is 18.8. The highest BCUT2D eigenvalue weighted by Crippen LogP contribution is 2.44. The standard InChI is InChI=1S/C21H18ClN3O2S/c22-15-4-2-14(3-5-15)21(8-1-9-21)20(27)25-17-7-6-16(23-11-17)10-19(26)18-12-28-13-24-18/h2-7,11-13H,1,8-10H2,(H,25,27). The van der Waals surface area contributed by atoms with Gasteiger partial charge in [0.15, 0.2) is 5.78 Å². The van der Waals surface area contributed by atoms with Crippen LogP contribution in [0.25, 0.3) is 0 Å². The van der Waals surface area contributed by atoms with Crippen LogP contribution in [0.5, 0.6) is 0 Å². The van der Waals surface area contributed by atoms with Crippen molar-refractivity contribution in [3.05, 3.63) is 75.5 Å². The van der Waals surface area contributed by atoms with Crippen LogP contribution in [-0.4, -0.2) is 21.7 Å². The van der Waals surface area contributed by atoms with E-state index < -0.39 is 5.41 Å². The highest BCUT2D eigenvalue weighted by Gasteiger charge is 2.45. The number of nitrogens with one attached hydrogen (secondary N) is 1. The molecule has 0 unspecified atom stereocenters. The van der Waals surface area contributed by atoms with E-state index in [1.165, 1.54) is 11.3 Å². The lowest BCUT2D eigenvalue weighted by Crippen LogP contribution is -2.46. The SMILES string of the molecule is O=C(Cc1ccc(NC(=O)C2(c3ccc(Cl)cc3)CCC2)cn1)c1cscn1. The van der Waals surface area contributed by atoms with Crippen molar-refractivity contribution in [3.63, 3.8) is 0 Å². The lowest BCUT2D eigenvalue weighted by atomic mass is 9.64. The molecule has 0 aliphatic heterocycles. The average molecular weight is 412 g/mol. The van der Waals surface area contributed by atoms with Crippen molar-refractivity contribution < 1.29 is 9.59 Å². The zero-order chi connectivity index (χ0) is 19.6. The number of amides is 1. The summed E-state index contributed by atoms with van der Waals surface area (Å²) in [4.78, 5) is 33.4. The van der Waals surface area contributed by atoms with Crippen LogP contribution in [0.2, 0.25) is 5.02 Å². The van der Waals surface area contributed by atoms with Gasteiger partial charge in [-0.1, -0.05) is 30.2 Å². The molecule has 0 bridgehead atoms. The van der Waals surface area contributed by atoms with Crippen LogP contribution in [0.3, 0.4) is 0 Å². The molecule has 0 saturated heterocycles. The Morgan fingerprint density at radius 1 is 1.11 bits per heavy atom. The number of benzene rings is 1. The molecule has 1 N–H and O–H groups in total. The number of hydrogen-bond acceptors (Lipinski definition) is 5. The van der Waals surface area contributed by atoms with Gasteiger partial charge in [0.1, 0.15) is 5.69 Å². The minimum absolute atomic E-state index is 0.0332. The highest BCUT2D eigenvalue weighted by atomic mass is 35.5. The first-order valence-corrected chi connectivity index (χ1v) is 10.3. The normalized spacial score (nSPS) is 14.9. The van der Waals surface area contributed by atoms with Crippen LogP contribution in [0.4, 0.5) is 5.69 Å². The van der Waals surface area contributed by atoms with Gasteiger partial charge in [-0.2, -0.15) is 0 Å². The summed E-state index contributed by atoms with van der Waals surface area (Å²) in [7, 11) is 0. The third-order valence-corrected chi connectivity index (χ3v) is 6.02. The van der Waals surface area contributed by atoms with Crippen LogP contribution in [-0.2, 0) is 16.6 Å². The van der Waals surface area contributed by atoms with E-state index in [0.29, 0.717) is 22.1 Å². The Morgan fingerprint density at radius 2 is 1.89 bits per heavy atom. The smallest absolute Gasteiger partial charge is 0.235 e. The summed E-state index contributed by atoms with van der Waals surface area (Å²) in [5.41, 5.74) is 3.83. The Hall–Kier alpha value is -2.57. The van der Waals surface area contributed by atoms with Crippen LogP contribution < -0.4 is 5.32 Å². The van der Waals surface area contributed by atoms with E-state index in [0.717, 1.165) is 24.8 Å². The van der Waals surface area contributed by atoms with E-state index in [4.69, 9.17) is 11.6 Å². The Bertz CT molecular complexity index is 982. The second kappa shape index (κ2) is 7.81. The monoisotopic (exact) mass is 411 g/mol. The number of aromatic nitrogens is 2. The van der Waals surface area contributed by atoms with E-state index in [1.54, 1.807) is 29.2 Å². The van der Waals surface area contributed by atoms with Gasteiger partial charge in [0, 0.05) is 16.1 Å². The molecule has 1 saturated carbocycles. The number of Topliss-reactive ketones (excluding diaryl/α,β-unsaturated/α-hetero) is 1. The fraction of sp³-hybridized carbons (Fsp3) is 0.238. The predicted molar refractivity (Wildman–Crippen MR) is 110 cm³/mol. The molecule has 2 heterocycles. The van der Waals surface area contributed by atoms with Crippen LogP contribution in [0, 0.1) is 0 Å². The summed E-state index contributed by atoms with van der Waals surface area (Å²) >= 11 is 7.37. The number of nitrogens with zero attached hydrogens (tertiary/aromatic N) is 2. The number of carbonyl (C=O) groups is 2. The number of halogens is 1. The molecule has 1 fully saturated rings. The maximum atomic E-state index is 13.0. The minimum Gasteiger partial charge on any atom is -0.324 e. The Balaban J connectivity index is 1.44. The number of thiazole rings is 1. The van der Waals surface area contributed by atoms with Crippen molar-refractivity contribution in [1.82, 2.24) is 9.97 Å². The fourth-order valence-corrected chi connectivity index (χ4v) is 4.09. The van der Waals surface area contributed by atoms with Crippen LogP contribution in [0.15, 0.2) is 53.5 Å². The second-order valence-electron chi connectivity index (χ2n) is 6.91. The highest BCUT2D eigenvalue weighted by molar-refractivity contribution is 7.07. The quantitative estimate of drug-likeness (QED) is 0.598. The van der Waals surface area contributed by atoms with E-state index in [2.05, 4.69) is 15.3 Å². The summed E-state index contributed by atoms with van der Waals surface area (Å²) in [5, 5.41) is 5.36. The predicted octanol–water partition coefficient (Wildman–Crippen LogP) is 4.68. The zero-order valence-electron chi connectivity index (χ0n) is 15.0. The molecule has 7 heteroatoms. The maximum Gasteiger partial charge on any atom is 0.235 e. The summed E-state index contributed by atoms with van der Waals surface area (Å²) < 4.78 is 0. The maximum absolute atomic E-state index is 13.0. The van der Waals surface area contributed by atoms with Gasteiger partial charge in [-0.05, 0) is 42.7 Å². The molecular formula is C21H18ClN3O2S. The third-order valence-electron chi connectivity index (χ3n) is 5.18. The first-order valence-electron chi connectivity index (χ1n) is 9.01. The third kappa shape index (κ3) is 3.70. The number of anilines is 1. The van der Waals surface area contributed by atoms with Crippen molar-refractivity contribution in [2.24, 2.45) is 0 Å². The number of carbonyl (C=O) groups excluding carboxylic acids is 2. The molecule has 0 spiro atoms. The van der Waals surface area contributed by atoms with Gasteiger partial charge in [-0.3, -0.25) is 14.6 Å². The van der Waals surface area contributed by atoms with Gasteiger partial charge in [-0.25, -0.2) is 4.98 Å². The minimum atomic E-state index is -0.510. The average Bonchev–Trinajstić information content (AvgIpc) is 3.19. The zero-order valence-corrected chi connectivity index (χ0v) is 16.6. The van der Waals surface area contributed by atoms with Crippen molar-refractivity contribution >= 4 is 40.3 Å². The fourth-order valence-electron chi connectivity index (χ4n) is 3.41. The summed E-state index contributed by atoms with van der Waals surface area (Å²) in [6.07, 6.45) is 4.43. The van der Waals surface area contributed by atoms with Gasteiger partial charge < -0.3 is 5.32 Å². The van der Waals surface area contributed by atoms with E-state index in [1.807, 2.05) is 24.3 Å². The largest absolute Gasteiger partial charge is 0.324 e. The molecule has 0 radical (unpaired) electrons. The molecule has 1 aliphatic carbocycles. The molecular weight excluding hydrogens is 394 g/mol. The molecule has 142 valence electrons. The van der Waals surface area contributed by atoms with E-state index >= 15 is 0 Å². The van der Waals surface area contributed by atoms with Crippen molar-refractivity contribution in [1.29, 1.82) is 0 Å². The topological polar surface area (TPSA) is 72.0 Å². The molecule has 3 aromatic rings. The van der Waals surface area contributed by atoms with Crippen LogP contribution in [0.1, 0.15) is 41.0 Å². The number of rotatable bonds is 6. The lowest BCUT2D eigenvalue weighted by molar-refractivity contribution is -0.124. The summed E-state index contributed by atoms with van der Waals surface area (Å²) in [5.74, 6) is -0.101. The molecule has 28 heavy (non-hydrogen) atoms. The van der Waals surface area contributed by atoms with Gasteiger partial charge in [0.25, 0.3) is 0 Å². The van der Waals surface area contributed by atoms with E-state index in [9.17, 15) is 9.59 Å². The number of pyridine rings is 1. The lowest BCUT2D eigenvalue weighted by Gasteiger charge is -2.40. The molecule has 4 rings (SSSR count). The number of hydrogen-bond donors (Lipinski definition) is 1. The van der Waals surface area contributed by atoms with Crippen molar-refractivity contribution in [2.45, 2.75) is 31.1 Å². The van der Waals surface area contributed by atoms with Crippen LogP contribution >= 0.6 is 22.9 Å². The summed E-state index contributed by atoms with van der Waals surface area (Å²) in [6.45, 7) is 0. The Labute approximate surface area is 171 Å². The molecule has 1 amide bonds. The van der Waals surface area contributed by atoms with Gasteiger partial charge in [0.05, 0.1) is 29.2 Å².